The summed E-state index contributed by atoms with van der Waals surface area (Å²) in [5.74, 6) is -1.79. The highest BCUT2D eigenvalue weighted by Gasteiger charge is 2.47. The lowest BCUT2D eigenvalue weighted by atomic mass is 9.87. The Bertz CT molecular complexity index is 1390. The molecular weight excluding hydrogens is 509 g/mol. The van der Waals surface area contributed by atoms with E-state index in [0.717, 1.165) is 17.5 Å². The molecule has 1 aliphatic rings. The molecular formula is C30H29Cl2NO4. The summed E-state index contributed by atoms with van der Waals surface area (Å²) in [6, 6.07) is 17.3. The summed E-state index contributed by atoms with van der Waals surface area (Å²) in [6.07, 6.45) is 0.840. The molecule has 192 valence electrons. The van der Waals surface area contributed by atoms with E-state index < -0.39 is 23.5 Å². The van der Waals surface area contributed by atoms with Crippen LogP contribution in [0, 0.1) is 0 Å². The molecule has 0 saturated carbocycles. The van der Waals surface area contributed by atoms with Gasteiger partial charge in [0.15, 0.2) is 0 Å². The number of ether oxygens (including phenoxy) is 1. The van der Waals surface area contributed by atoms with E-state index in [4.69, 9.17) is 27.9 Å². The molecule has 0 bridgehead atoms. The molecule has 1 fully saturated rings. The van der Waals surface area contributed by atoms with E-state index >= 15 is 0 Å². The predicted octanol–water partition coefficient (Wildman–Crippen LogP) is 7.49. The monoisotopic (exact) mass is 537 g/mol. The number of halogens is 2. The molecule has 1 aliphatic heterocycles. The zero-order valence-corrected chi connectivity index (χ0v) is 22.9. The second-order valence-electron chi connectivity index (χ2n) is 10.0. The van der Waals surface area contributed by atoms with E-state index in [-0.39, 0.29) is 32.3 Å². The maximum absolute atomic E-state index is 13.5. The fourth-order valence-corrected chi connectivity index (χ4v) is 5.13. The van der Waals surface area contributed by atoms with Crippen LogP contribution in [0.15, 0.2) is 66.2 Å². The molecule has 7 heteroatoms. The van der Waals surface area contributed by atoms with E-state index in [1.54, 1.807) is 0 Å². The molecule has 0 spiro atoms. The number of amides is 1. The molecule has 1 N–H and O–H groups in total. The molecule has 0 aliphatic carbocycles. The number of hydrogen-bond donors (Lipinski definition) is 1. The second kappa shape index (κ2) is 10.2. The summed E-state index contributed by atoms with van der Waals surface area (Å²) in [4.78, 5) is 28.4. The van der Waals surface area contributed by atoms with Crippen molar-refractivity contribution in [2.75, 3.05) is 12.0 Å². The Morgan fingerprint density at radius 2 is 1.62 bits per heavy atom. The van der Waals surface area contributed by atoms with Crippen LogP contribution < -0.4 is 9.64 Å². The molecule has 0 aromatic heterocycles. The Morgan fingerprint density at radius 1 is 1.00 bits per heavy atom. The van der Waals surface area contributed by atoms with Crippen molar-refractivity contribution in [3.05, 3.63) is 98.5 Å². The third-order valence-corrected chi connectivity index (χ3v) is 7.13. The van der Waals surface area contributed by atoms with Gasteiger partial charge in [-0.2, -0.15) is 0 Å². The zero-order chi connectivity index (χ0) is 27.1. The van der Waals surface area contributed by atoms with Crippen molar-refractivity contribution in [2.24, 2.45) is 0 Å². The second-order valence-corrected chi connectivity index (χ2v) is 10.9. The quantitative estimate of drug-likeness (QED) is 0.208. The van der Waals surface area contributed by atoms with Crippen LogP contribution in [-0.2, 0) is 21.4 Å². The van der Waals surface area contributed by atoms with Gasteiger partial charge in [-0.15, -0.1) is 0 Å². The number of aliphatic hydroxyl groups is 1. The number of nitrogens with zero attached hydrogens (tertiary/aromatic N) is 1. The van der Waals surface area contributed by atoms with Crippen LogP contribution >= 0.6 is 23.2 Å². The van der Waals surface area contributed by atoms with Crippen molar-refractivity contribution < 1.29 is 19.4 Å². The first-order valence-electron chi connectivity index (χ1n) is 12.0. The van der Waals surface area contributed by atoms with Gasteiger partial charge in [-0.3, -0.25) is 14.5 Å². The number of methoxy groups -OCH3 is 1. The van der Waals surface area contributed by atoms with E-state index in [2.05, 4.69) is 20.8 Å². The minimum absolute atomic E-state index is 0.0641. The molecule has 1 unspecified atom stereocenters. The summed E-state index contributed by atoms with van der Waals surface area (Å²) >= 11 is 12.5. The minimum atomic E-state index is -0.867. The van der Waals surface area contributed by atoms with E-state index in [1.165, 1.54) is 24.1 Å². The lowest BCUT2D eigenvalue weighted by molar-refractivity contribution is -0.132. The molecule has 0 radical (unpaired) electrons. The van der Waals surface area contributed by atoms with Crippen LogP contribution in [0.25, 0.3) is 5.76 Å². The van der Waals surface area contributed by atoms with Gasteiger partial charge in [-0.05, 0) is 52.8 Å². The third-order valence-electron chi connectivity index (χ3n) is 6.63. The van der Waals surface area contributed by atoms with Gasteiger partial charge < -0.3 is 9.84 Å². The Hall–Kier alpha value is -3.28. The van der Waals surface area contributed by atoms with E-state index in [9.17, 15) is 14.7 Å². The Balaban J connectivity index is 1.96. The summed E-state index contributed by atoms with van der Waals surface area (Å²) in [7, 11) is 1.40. The number of aliphatic hydroxyl groups excluding tert-OH is 1. The number of ketones is 1. The van der Waals surface area contributed by atoms with Crippen LogP contribution in [0.4, 0.5) is 5.69 Å². The average molecular weight is 538 g/mol. The lowest BCUT2D eigenvalue weighted by Gasteiger charge is -2.27. The number of rotatable bonds is 5. The summed E-state index contributed by atoms with van der Waals surface area (Å²) in [5, 5.41) is 11.9. The maximum atomic E-state index is 13.5. The predicted molar refractivity (Wildman–Crippen MR) is 149 cm³/mol. The first-order valence-corrected chi connectivity index (χ1v) is 12.8. The fourth-order valence-electron chi connectivity index (χ4n) is 4.56. The smallest absolute Gasteiger partial charge is 0.300 e. The van der Waals surface area contributed by atoms with Gasteiger partial charge in [-0.25, -0.2) is 0 Å². The molecule has 1 saturated heterocycles. The van der Waals surface area contributed by atoms with Crippen molar-refractivity contribution in [3.8, 4) is 5.75 Å². The molecule has 37 heavy (non-hydrogen) atoms. The average Bonchev–Trinajstić information content (AvgIpc) is 3.13. The number of carbonyl (C=O) groups excluding carboxylic acids is 2. The van der Waals surface area contributed by atoms with Crippen molar-refractivity contribution in [1.82, 2.24) is 0 Å². The number of aryl methyl sites for hydroxylation is 1. The minimum Gasteiger partial charge on any atom is -0.507 e. The van der Waals surface area contributed by atoms with Gasteiger partial charge in [0.1, 0.15) is 11.5 Å². The molecule has 4 rings (SSSR count). The molecule has 1 atom stereocenters. The van der Waals surface area contributed by atoms with Gasteiger partial charge in [0.25, 0.3) is 11.7 Å². The van der Waals surface area contributed by atoms with Crippen molar-refractivity contribution in [1.29, 1.82) is 0 Å². The first-order chi connectivity index (χ1) is 17.5. The van der Waals surface area contributed by atoms with Crippen LogP contribution in [0.3, 0.4) is 0 Å². The SMILES string of the molecule is CCc1ccc(C2/C(=C(\O)c3cc(Cl)cc(Cl)c3OC)C(=O)C(=O)N2c2ccc(C(C)(C)C)cc2)cc1. The summed E-state index contributed by atoms with van der Waals surface area (Å²) in [5.41, 5.74) is 3.43. The maximum Gasteiger partial charge on any atom is 0.300 e. The van der Waals surface area contributed by atoms with Gasteiger partial charge in [0.05, 0.1) is 29.3 Å². The fraction of sp³-hybridized carbons (Fsp3) is 0.267. The van der Waals surface area contributed by atoms with E-state index in [0.29, 0.717) is 11.3 Å². The highest BCUT2D eigenvalue weighted by molar-refractivity contribution is 6.52. The lowest BCUT2D eigenvalue weighted by Crippen LogP contribution is -2.29. The highest BCUT2D eigenvalue weighted by atomic mass is 35.5. The molecule has 3 aromatic rings. The molecule has 1 heterocycles. The largest absolute Gasteiger partial charge is 0.507 e. The van der Waals surface area contributed by atoms with Crippen molar-refractivity contribution in [3.63, 3.8) is 0 Å². The Kier molecular flexibility index (Phi) is 7.40. The number of benzene rings is 3. The van der Waals surface area contributed by atoms with Crippen molar-refractivity contribution >= 4 is 46.3 Å². The van der Waals surface area contributed by atoms with Crippen LogP contribution in [0.2, 0.25) is 10.0 Å². The number of anilines is 1. The number of carbonyl (C=O) groups is 2. The highest BCUT2D eigenvalue weighted by Crippen LogP contribution is 2.45. The normalized spacial score (nSPS) is 17.4. The Labute approximate surface area is 227 Å². The van der Waals surface area contributed by atoms with Crippen LogP contribution in [0.1, 0.15) is 56.0 Å². The third kappa shape index (κ3) is 4.98. The Morgan fingerprint density at radius 3 is 2.16 bits per heavy atom. The van der Waals surface area contributed by atoms with Crippen LogP contribution in [0.5, 0.6) is 5.75 Å². The topological polar surface area (TPSA) is 66.8 Å². The van der Waals surface area contributed by atoms with Gasteiger partial charge >= 0.3 is 0 Å². The van der Waals surface area contributed by atoms with Gasteiger partial charge in [-0.1, -0.05) is 87.3 Å². The standard InChI is InChI=1S/C30H29Cl2NO4/c1-6-17-7-9-18(10-8-17)25-24(26(34)22-15-20(31)16-23(32)28(22)37-5)27(35)29(36)33(25)21-13-11-19(12-14-21)30(2,3)4/h7-16,25,34H,6H2,1-5H3/b26-24+. The molecule has 1 amide bonds. The van der Waals surface area contributed by atoms with Crippen molar-refractivity contribution in [2.45, 2.75) is 45.6 Å². The molecule has 3 aromatic carbocycles. The van der Waals surface area contributed by atoms with Gasteiger partial charge in [0.2, 0.25) is 0 Å². The van der Waals surface area contributed by atoms with E-state index in [1.807, 2.05) is 55.5 Å². The summed E-state index contributed by atoms with van der Waals surface area (Å²) < 4.78 is 5.41. The number of hydrogen-bond acceptors (Lipinski definition) is 4. The van der Waals surface area contributed by atoms with Crippen LogP contribution in [-0.4, -0.2) is 23.9 Å². The van der Waals surface area contributed by atoms with Gasteiger partial charge in [0, 0.05) is 10.7 Å². The first kappa shape index (κ1) is 26.8. The molecule has 5 nitrogen and oxygen atoms in total. The zero-order valence-electron chi connectivity index (χ0n) is 21.4. The number of Topliss-reactive ketones (excluding diaryl/α,β-unsaturated/α-hetero) is 1. The summed E-state index contributed by atoms with van der Waals surface area (Å²) in [6.45, 7) is 8.36.